The molecule has 0 saturated carbocycles. The SMILES string of the molecule is Clc1cccc(C#Cc2cnc3cccnc3c2)c1. The van der Waals surface area contributed by atoms with Crippen LogP contribution in [0.2, 0.25) is 5.02 Å². The summed E-state index contributed by atoms with van der Waals surface area (Å²) in [4.78, 5) is 8.58. The van der Waals surface area contributed by atoms with E-state index in [1.807, 2.05) is 42.5 Å². The van der Waals surface area contributed by atoms with E-state index in [1.54, 1.807) is 12.4 Å². The van der Waals surface area contributed by atoms with Gasteiger partial charge in [0.2, 0.25) is 0 Å². The van der Waals surface area contributed by atoms with Crippen molar-refractivity contribution in [3.8, 4) is 11.8 Å². The highest BCUT2D eigenvalue weighted by Gasteiger charge is 1.95. The standard InChI is InChI=1S/C16H9ClN2/c17-14-4-1-3-12(9-14)6-7-13-10-16-15(19-11-13)5-2-8-18-16/h1-5,8-11H. The highest BCUT2D eigenvalue weighted by molar-refractivity contribution is 6.30. The van der Waals surface area contributed by atoms with E-state index in [0.717, 1.165) is 22.2 Å². The number of hydrogen-bond acceptors (Lipinski definition) is 2. The van der Waals surface area contributed by atoms with E-state index in [2.05, 4.69) is 21.8 Å². The monoisotopic (exact) mass is 264 g/mol. The molecule has 0 radical (unpaired) electrons. The third kappa shape index (κ3) is 2.73. The van der Waals surface area contributed by atoms with Gasteiger partial charge in [-0.2, -0.15) is 0 Å². The molecule has 0 saturated heterocycles. The Morgan fingerprint density at radius 2 is 1.74 bits per heavy atom. The van der Waals surface area contributed by atoms with Crippen LogP contribution < -0.4 is 0 Å². The number of fused-ring (bicyclic) bond motifs is 1. The van der Waals surface area contributed by atoms with Crippen LogP contribution in [0.4, 0.5) is 0 Å². The van der Waals surface area contributed by atoms with E-state index < -0.39 is 0 Å². The fourth-order valence-corrected chi connectivity index (χ4v) is 1.92. The molecule has 0 amide bonds. The molecule has 0 unspecified atom stereocenters. The summed E-state index contributed by atoms with van der Waals surface area (Å²) in [5.41, 5.74) is 3.44. The highest BCUT2D eigenvalue weighted by Crippen LogP contribution is 2.11. The minimum Gasteiger partial charge on any atom is -0.255 e. The molecule has 19 heavy (non-hydrogen) atoms. The average Bonchev–Trinajstić information content (AvgIpc) is 2.45. The fraction of sp³-hybridized carbons (Fsp3) is 0. The van der Waals surface area contributed by atoms with Crippen molar-refractivity contribution < 1.29 is 0 Å². The van der Waals surface area contributed by atoms with Gasteiger partial charge in [-0.05, 0) is 36.4 Å². The summed E-state index contributed by atoms with van der Waals surface area (Å²) in [6.07, 6.45) is 3.50. The van der Waals surface area contributed by atoms with E-state index in [4.69, 9.17) is 11.6 Å². The van der Waals surface area contributed by atoms with Gasteiger partial charge in [-0.25, -0.2) is 0 Å². The molecule has 2 nitrogen and oxygen atoms in total. The van der Waals surface area contributed by atoms with E-state index in [0.29, 0.717) is 5.02 Å². The van der Waals surface area contributed by atoms with E-state index in [1.165, 1.54) is 0 Å². The molecule has 2 heterocycles. The minimum atomic E-state index is 0.685. The predicted octanol–water partition coefficient (Wildman–Crippen LogP) is 3.68. The molecule has 3 rings (SSSR count). The molecule has 3 aromatic rings. The summed E-state index contributed by atoms with van der Waals surface area (Å²) < 4.78 is 0. The van der Waals surface area contributed by atoms with Crippen LogP contribution in [-0.2, 0) is 0 Å². The molecule has 0 atom stereocenters. The second-order valence-electron chi connectivity index (χ2n) is 4.03. The Morgan fingerprint density at radius 3 is 2.63 bits per heavy atom. The van der Waals surface area contributed by atoms with Crippen LogP contribution in [0.1, 0.15) is 11.1 Å². The summed E-state index contributed by atoms with van der Waals surface area (Å²) in [5.74, 6) is 6.13. The molecule has 0 spiro atoms. The summed E-state index contributed by atoms with van der Waals surface area (Å²) >= 11 is 5.91. The number of hydrogen-bond donors (Lipinski definition) is 0. The lowest BCUT2D eigenvalue weighted by atomic mass is 10.2. The first-order chi connectivity index (χ1) is 9.31. The minimum absolute atomic E-state index is 0.685. The van der Waals surface area contributed by atoms with Crippen molar-refractivity contribution in [2.24, 2.45) is 0 Å². The molecule has 3 heteroatoms. The second-order valence-corrected chi connectivity index (χ2v) is 4.46. The Kier molecular flexibility index (Phi) is 3.14. The van der Waals surface area contributed by atoms with Gasteiger partial charge < -0.3 is 0 Å². The number of nitrogens with zero attached hydrogens (tertiary/aromatic N) is 2. The number of benzene rings is 1. The maximum atomic E-state index is 5.91. The maximum absolute atomic E-state index is 5.91. The lowest BCUT2D eigenvalue weighted by Crippen LogP contribution is -1.84. The first-order valence-electron chi connectivity index (χ1n) is 5.80. The van der Waals surface area contributed by atoms with Crippen molar-refractivity contribution in [3.05, 3.63) is 71.0 Å². The molecule has 90 valence electrons. The van der Waals surface area contributed by atoms with Crippen LogP contribution in [-0.4, -0.2) is 9.97 Å². The Balaban J connectivity index is 1.98. The molecule has 1 aromatic carbocycles. The lowest BCUT2D eigenvalue weighted by molar-refractivity contribution is 1.33. The number of pyridine rings is 2. The summed E-state index contributed by atoms with van der Waals surface area (Å²) in [5, 5.41) is 0.685. The first-order valence-corrected chi connectivity index (χ1v) is 6.17. The third-order valence-corrected chi connectivity index (χ3v) is 2.86. The molecule has 0 aliphatic carbocycles. The first kappa shape index (κ1) is 11.7. The van der Waals surface area contributed by atoms with E-state index in [9.17, 15) is 0 Å². The van der Waals surface area contributed by atoms with Crippen molar-refractivity contribution in [2.45, 2.75) is 0 Å². The smallest absolute Gasteiger partial charge is 0.0899 e. The van der Waals surface area contributed by atoms with Gasteiger partial charge in [-0.1, -0.05) is 29.5 Å². The molecular formula is C16H9ClN2. The number of aromatic nitrogens is 2. The largest absolute Gasteiger partial charge is 0.255 e. The number of rotatable bonds is 0. The summed E-state index contributed by atoms with van der Waals surface area (Å²) in [7, 11) is 0. The van der Waals surface area contributed by atoms with Crippen molar-refractivity contribution in [1.82, 2.24) is 9.97 Å². The lowest BCUT2D eigenvalue weighted by Gasteiger charge is -1.95. The zero-order valence-electron chi connectivity index (χ0n) is 9.97. The van der Waals surface area contributed by atoms with E-state index >= 15 is 0 Å². The van der Waals surface area contributed by atoms with Gasteiger partial charge in [0.15, 0.2) is 0 Å². The van der Waals surface area contributed by atoms with Crippen molar-refractivity contribution in [3.63, 3.8) is 0 Å². The Hall–Kier alpha value is -2.37. The average molecular weight is 265 g/mol. The van der Waals surface area contributed by atoms with Crippen molar-refractivity contribution in [2.75, 3.05) is 0 Å². The molecule has 0 aliphatic heterocycles. The van der Waals surface area contributed by atoms with Crippen LogP contribution in [0.25, 0.3) is 11.0 Å². The summed E-state index contributed by atoms with van der Waals surface area (Å²) in [6, 6.07) is 13.2. The third-order valence-electron chi connectivity index (χ3n) is 2.63. The van der Waals surface area contributed by atoms with Crippen LogP contribution in [0.5, 0.6) is 0 Å². The van der Waals surface area contributed by atoms with Crippen LogP contribution >= 0.6 is 11.6 Å². The molecule has 0 bridgehead atoms. The van der Waals surface area contributed by atoms with Crippen LogP contribution in [0.15, 0.2) is 54.9 Å². The van der Waals surface area contributed by atoms with Crippen molar-refractivity contribution >= 4 is 22.6 Å². The van der Waals surface area contributed by atoms with Gasteiger partial charge in [0.05, 0.1) is 11.0 Å². The van der Waals surface area contributed by atoms with Crippen LogP contribution in [0, 0.1) is 11.8 Å². The normalized spacial score (nSPS) is 9.95. The van der Waals surface area contributed by atoms with Gasteiger partial charge in [0, 0.05) is 28.5 Å². The molecule has 2 aromatic heterocycles. The van der Waals surface area contributed by atoms with Gasteiger partial charge >= 0.3 is 0 Å². The molecule has 0 aliphatic rings. The zero-order valence-corrected chi connectivity index (χ0v) is 10.7. The molecular weight excluding hydrogens is 256 g/mol. The molecule has 0 N–H and O–H groups in total. The topological polar surface area (TPSA) is 25.8 Å². The molecule has 0 fully saturated rings. The van der Waals surface area contributed by atoms with Crippen LogP contribution in [0.3, 0.4) is 0 Å². The Labute approximate surface area is 116 Å². The quantitative estimate of drug-likeness (QED) is 0.579. The summed E-state index contributed by atoms with van der Waals surface area (Å²) in [6.45, 7) is 0. The zero-order chi connectivity index (χ0) is 13.1. The second kappa shape index (κ2) is 5.09. The van der Waals surface area contributed by atoms with E-state index in [-0.39, 0.29) is 0 Å². The van der Waals surface area contributed by atoms with Gasteiger partial charge in [-0.3, -0.25) is 9.97 Å². The Bertz CT molecular complexity index is 800. The predicted molar refractivity (Wildman–Crippen MR) is 77.0 cm³/mol. The fourth-order valence-electron chi connectivity index (χ4n) is 1.73. The Morgan fingerprint density at radius 1 is 0.842 bits per heavy atom. The van der Waals surface area contributed by atoms with Gasteiger partial charge in [-0.15, -0.1) is 0 Å². The maximum Gasteiger partial charge on any atom is 0.0899 e. The van der Waals surface area contributed by atoms with Gasteiger partial charge in [0.25, 0.3) is 0 Å². The number of halogens is 1. The van der Waals surface area contributed by atoms with Crippen molar-refractivity contribution in [1.29, 1.82) is 0 Å². The van der Waals surface area contributed by atoms with Gasteiger partial charge in [0.1, 0.15) is 0 Å². The highest BCUT2D eigenvalue weighted by atomic mass is 35.5.